The smallest absolute Gasteiger partial charge is 0.130 e. The minimum absolute atomic E-state index is 0.0715. The number of aliphatic hydroxyl groups is 1. The van der Waals surface area contributed by atoms with Gasteiger partial charge in [-0.2, -0.15) is 0 Å². The van der Waals surface area contributed by atoms with Gasteiger partial charge in [0.2, 0.25) is 0 Å². The second-order valence-electron chi connectivity index (χ2n) is 2.80. The van der Waals surface area contributed by atoms with Crippen LogP contribution in [0, 0.1) is 5.82 Å². The molecular formula is C11H13FO2. The van der Waals surface area contributed by atoms with Crippen molar-refractivity contribution >= 4 is 6.08 Å². The van der Waals surface area contributed by atoms with Gasteiger partial charge in [-0.25, -0.2) is 4.39 Å². The van der Waals surface area contributed by atoms with Crippen LogP contribution in [0.4, 0.5) is 4.39 Å². The number of halogens is 1. The van der Waals surface area contributed by atoms with Gasteiger partial charge >= 0.3 is 0 Å². The van der Waals surface area contributed by atoms with E-state index < -0.39 is 0 Å². The molecule has 1 aromatic rings. The predicted octanol–water partition coefficient (Wildman–Crippen LogP) is 2.23. The van der Waals surface area contributed by atoms with Gasteiger partial charge in [-0.15, -0.1) is 0 Å². The summed E-state index contributed by atoms with van der Waals surface area (Å²) < 4.78 is 18.1. The molecular weight excluding hydrogens is 183 g/mol. The van der Waals surface area contributed by atoms with E-state index in [4.69, 9.17) is 9.84 Å². The Bertz CT molecular complexity index is 321. The first-order chi connectivity index (χ1) is 6.77. The molecule has 3 heteroatoms. The molecule has 0 aliphatic heterocycles. The van der Waals surface area contributed by atoms with Gasteiger partial charge in [-0.3, -0.25) is 0 Å². The summed E-state index contributed by atoms with van der Waals surface area (Å²) in [6.45, 7) is 0.0715. The third-order valence-electron chi connectivity index (χ3n) is 1.80. The van der Waals surface area contributed by atoms with Gasteiger partial charge in [0, 0.05) is 12.2 Å². The van der Waals surface area contributed by atoms with E-state index in [0.717, 1.165) is 0 Å². The van der Waals surface area contributed by atoms with Gasteiger partial charge in [0.15, 0.2) is 0 Å². The summed E-state index contributed by atoms with van der Waals surface area (Å²) in [5, 5.41) is 8.54. The molecule has 76 valence electrons. The Kier molecular flexibility index (Phi) is 4.13. The van der Waals surface area contributed by atoms with Gasteiger partial charge in [0.05, 0.1) is 7.11 Å². The van der Waals surface area contributed by atoms with Gasteiger partial charge in [-0.05, 0) is 24.6 Å². The topological polar surface area (TPSA) is 29.5 Å². The van der Waals surface area contributed by atoms with Crippen molar-refractivity contribution in [1.29, 1.82) is 0 Å². The number of methoxy groups -OCH3 is 1. The maximum atomic E-state index is 13.2. The van der Waals surface area contributed by atoms with Crippen LogP contribution in [0.25, 0.3) is 6.08 Å². The number of aliphatic hydroxyl groups excluding tert-OH is 1. The van der Waals surface area contributed by atoms with E-state index >= 15 is 0 Å². The molecule has 0 amide bonds. The minimum atomic E-state index is -0.292. The van der Waals surface area contributed by atoms with Crippen LogP contribution in [-0.4, -0.2) is 18.8 Å². The average Bonchev–Trinajstić information content (AvgIpc) is 2.21. The Labute approximate surface area is 82.6 Å². The van der Waals surface area contributed by atoms with Crippen molar-refractivity contribution in [2.45, 2.75) is 6.42 Å². The molecule has 0 atom stereocenters. The van der Waals surface area contributed by atoms with Crippen molar-refractivity contribution in [3.63, 3.8) is 0 Å². The van der Waals surface area contributed by atoms with Crippen LogP contribution in [0.15, 0.2) is 24.3 Å². The molecule has 0 saturated heterocycles. The third kappa shape index (κ3) is 2.85. The third-order valence-corrected chi connectivity index (χ3v) is 1.80. The van der Waals surface area contributed by atoms with Crippen LogP contribution in [0.2, 0.25) is 0 Å². The first kappa shape index (κ1) is 10.7. The molecule has 0 aliphatic rings. The molecule has 0 fully saturated rings. The van der Waals surface area contributed by atoms with Gasteiger partial charge < -0.3 is 9.84 Å². The van der Waals surface area contributed by atoms with E-state index in [1.807, 2.05) is 0 Å². The van der Waals surface area contributed by atoms with E-state index in [1.165, 1.54) is 13.2 Å². The van der Waals surface area contributed by atoms with Gasteiger partial charge in [0.1, 0.15) is 11.6 Å². The molecule has 1 aromatic carbocycles. The molecule has 0 saturated carbocycles. The van der Waals surface area contributed by atoms with Crippen molar-refractivity contribution in [1.82, 2.24) is 0 Å². The largest absolute Gasteiger partial charge is 0.497 e. The zero-order chi connectivity index (χ0) is 10.4. The zero-order valence-electron chi connectivity index (χ0n) is 8.03. The van der Waals surface area contributed by atoms with E-state index in [0.29, 0.717) is 17.7 Å². The zero-order valence-corrected chi connectivity index (χ0v) is 8.03. The molecule has 0 unspecified atom stereocenters. The standard InChI is InChI=1S/C11H13FO2/c1-14-10-5-6-11(12)9(8-10)4-2-3-7-13/h2,4-6,8,13H,3,7H2,1H3. The van der Waals surface area contributed by atoms with Crippen molar-refractivity contribution in [3.05, 3.63) is 35.7 Å². The van der Waals surface area contributed by atoms with E-state index in [9.17, 15) is 4.39 Å². The molecule has 0 radical (unpaired) electrons. The highest BCUT2D eigenvalue weighted by molar-refractivity contribution is 5.52. The Balaban J connectivity index is 2.83. The first-order valence-corrected chi connectivity index (χ1v) is 4.39. The maximum absolute atomic E-state index is 13.2. The van der Waals surface area contributed by atoms with Crippen LogP contribution < -0.4 is 4.74 Å². The highest BCUT2D eigenvalue weighted by atomic mass is 19.1. The lowest BCUT2D eigenvalue weighted by molar-refractivity contribution is 0.303. The number of rotatable bonds is 4. The monoisotopic (exact) mass is 196 g/mol. The lowest BCUT2D eigenvalue weighted by atomic mass is 10.2. The normalized spacial score (nSPS) is 10.8. The molecule has 0 bridgehead atoms. The SMILES string of the molecule is COc1ccc(F)c(C=CCCO)c1. The van der Waals surface area contributed by atoms with E-state index in [1.54, 1.807) is 24.3 Å². The molecule has 0 heterocycles. The van der Waals surface area contributed by atoms with Gasteiger partial charge in [-0.1, -0.05) is 12.2 Å². The molecule has 1 rings (SSSR count). The molecule has 2 nitrogen and oxygen atoms in total. The minimum Gasteiger partial charge on any atom is -0.497 e. The van der Waals surface area contributed by atoms with Crippen LogP contribution >= 0.6 is 0 Å². The summed E-state index contributed by atoms with van der Waals surface area (Å²) in [4.78, 5) is 0. The highest BCUT2D eigenvalue weighted by Gasteiger charge is 1.99. The molecule has 1 N–H and O–H groups in total. The average molecular weight is 196 g/mol. The summed E-state index contributed by atoms with van der Waals surface area (Å²) in [5.74, 6) is 0.329. The fourth-order valence-electron chi connectivity index (χ4n) is 1.06. The van der Waals surface area contributed by atoms with Crippen LogP contribution in [0.1, 0.15) is 12.0 Å². The first-order valence-electron chi connectivity index (χ1n) is 4.39. The summed E-state index contributed by atoms with van der Waals surface area (Å²) >= 11 is 0. The molecule has 14 heavy (non-hydrogen) atoms. The summed E-state index contributed by atoms with van der Waals surface area (Å²) in [5.41, 5.74) is 0.470. The quantitative estimate of drug-likeness (QED) is 0.800. The maximum Gasteiger partial charge on any atom is 0.130 e. The Hall–Kier alpha value is -1.35. The lowest BCUT2D eigenvalue weighted by Gasteiger charge is -2.01. The second kappa shape index (κ2) is 5.40. The van der Waals surface area contributed by atoms with Crippen molar-refractivity contribution in [2.24, 2.45) is 0 Å². The van der Waals surface area contributed by atoms with E-state index in [-0.39, 0.29) is 12.4 Å². The highest BCUT2D eigenvalue weighted by Crippen LogP contribution is 2.17. The number of hydrogen-bond donors (Lipinski definition) is 1. The lowest BCUT2D eigenvalue weighted by Crippen LogP contribution is -1.87. The summed E-state index contributed by atoms with van der Waals surface area (Å²) in [6, 6.07) is 4.54. The summed E-state index contributed by atoms with van der Waals surface area (Å²) in [7, 11) is 1.54. The number of benzene rings is 1. The van der Waals surface area contributed by atoms with Crippen LogP contribution in [0.3, 0.4) is 0 Å². The molecule has 0 spiro atoms. The fourth-order valence-corrected chi connectivity index (χ4v) is 1.06. The number of ether oxygens (including phenoxy) is 1. The van der Waals surface area contributed by atoms with Crippen molar-refractivity contribution < 1.29 is 14.2 Å². The van der Waals surface area contributed by atoms with E-state index in [2.05, 4.69) is 0 Å². The van der Waals surface area contributed by atoms with Crippen molar-refractivity contribution in [2.75, 3.05) is 13.7 Å². The Morgan fingerprint density at radius 1 is 1.50 bits per heavy atom. The summed E-state index contributed by atoms with van der Waals surface area (Å²) in [6.07, 6.45) is 3.88. The van der Waals surface area contributed by atoms with Crippen molar-refractivity contribution in [3.8, 4) is 5.75 Å². The predicted molar refractivity (Wildman–Crippen MR) is 53.7 cm³/mol. The number of hydrogen-bond acceptors (Lipinski definition) is 2. The molecule has 0 aliphatic carbocycles. The Morgan fingerprint density at radius 3 is 2.93 bits per heavy atom. The second-order valence-corrected chi connectivity index (χ2v) is 2.80. The van der Waals surface area contributed by atoms with Crippen LogP contribution in [0.5, 0.6) is 5.75 Å². The van der Waals surface area contributed by atoms with Crippen LogP contribution in [-0.2, 0) is 0 Å². The molecule has 0 aromatic heterocycles. The Morgan fingerprint density at radius 2 is 2.29 bits per heavy atom. The van der Waals surface area contributed by atoms with Gasteiger partial charge in [0.25, 0.3) is 0 Å². The fraction of sp³-hybridized carbons (Fsp3) is 0.273.